The third-order valence-electron chi connectivity index (χ3n) is 9.00. The third kappa shape index (κ3) is 9.57. The van der Waals surface area contributed by atoms with Gasteiger partial charge in [0.15, 0.2) is 5.82 Å². The molecule has 0 aliphatic carbocycles. The average molecular weight is 791 g/mol. The average Bonchev–Trinajstić information content (AvgIpc) is 3.91. The van der Waals surface area contributed by atoms with E-state index in [1.807, 2.05) is 41.5 Å². The van der Waals surface area contributed by atoms with Gasteiger partial charge in [0.25, 0.3) is 0 Å². The summed E-state index contributed by atoms with van der Waals surface area (Å²) in [6.45, 7) is 11.6. The summed E-state index contributed by atoms with van der Waals surface area (Å²) in [7, 11) is 0. The number of hydrogen-bond donors (Lipinski definition) is 2. The zero-order valence-corrected chi connectivity index (χ0v) is 31.3. The van der Waals surface area contributed by atoms with E-state index in [4.69, 9.17) is 9.05 Å². The second-order valence-electron chi connectivity index (χ2n) is 15.4. The molecule has 2 N–H and O–H groups in total. The molecule has 2 atom stereocenters. The minimum absolute atomic E-state index is 0.128. The van der Waals surface area contributed by atoms with Crippen LogP contribution in [0.2, 0.25) is 0 Å². The molecular formula is C38H40F6N6O6. The predicted octanol–water partition coefficient (Wildman–Crippen LogP) is 8.25. The SMILES string of the molecule is CC(C)(C)c1cc(NC(=O)[C@@H]2CCC(=O)N2c2ccc(C(F)(F)F)cc2)no1.CC(C)(C)c1cc(NC(=O)[C@@H]2CCC(=O)N2c2ccc(C(F)(F)F)cc2)on1. The largest absolute Gasteiger partial charge is 0.416 e. The number of hydrogen-bond acceptors (Lipinski definition) is 8. The molecule has 18 heteroatoms. The molecule has 0 radical (unpaired) electrons. The molecule has 4 heterocycles. The van der Waals surface area contributed by atoms with Crippen LogP contribution in [0.25, 0.3) is 0 Å². The Kier molecular flexibility index (Phi) is 11.4. The molecule has 2 saturated heterocycles. The lowest BCUT2D eigenvalue weighted by molar-refractivity contribution is -0.138. The Morgan fingerprint density at radius 3 is 1.46 bits per heavy atom. The number of amides is 4. The Morgan fingerprint density at radius 2 is 1.09 bits per heavy atom. The van der Waals surface area contributed by atoms with Crippen molar-refractivity contribution in [1.82, 2.24) is 10.3 Å². The van der Waals surface area contributed by atoms with Crippen LogP contribution in [0.5, 0.6) is 0 Å². The second-order valence-corrected chi connectivity index (χ2v) is 15.4. The highest BCUT2D eigenvalue weighted by molar-refractivity contribution is 6.08. The molecule has 2 aromatic carbocycles. The Hall–Kier alpha value is -5.68. The van der Waals surface area contributed by atoms with E-state index in [9.17, 15) is 45.5 Å². The minimum atomic E-state index is -4.47. The molecule has 0 spiro atoms. The van der Waals surface area contributed by atoms with Crippen molar-refractivity contribution in [2.45, 2.75) is 102 Å². The van der Waals surface area contributed by atoms with Gasteiger partial charge in [0.1, 0.15) is 17.8 Å². The van der Waals surface area contributed by atoms with Crippen LogP contribution in [0.3, 0.4) is 0 Å². The van der Waals surface area contributed by atoms with Crippen molar-refractivity contribution in [1.29, 1.82) is 0 Å². The maximum atomic E-state index is 12.7. The molecule has 2 aromatic heterocycles. The Labute approximate surface area is 317 Å². The normalized spacial score (nSPS) is 17.9. The first-order valence-corrected chi connectivity index (χ1v) is 17.5. The summed E-state index contributed by atoms with van der Waals surface area (Å²) >= 11 is 0. The second kappa shape index (κ2) is 15.5. The van der Waals surface area contributed by atoms with Gasteiger partial charge in [-0.25, -0.2) is 0 Å². The van der Waals surface area contributed by atoms with E-state index in [1.54, 1.807) is 12.1 Å². The summed E-state index contributed by atoms with van der Waals surface area (Å²) < 4.78 is 86.8. The number of rotatable bonds is 6. The van der Waals surface area contributed by atoms with E-state index in [0.717, 1.165) is 24.3 Å². The lowest BCUT2D eigenvalue weighted by atomic mass is 9.92. The number of benzene rings is 2. The van der Waals surface area contributed by atoms with Crippen LogP contribution in [-0.2, 0) is 42.4 Å². The number of carbonyl (C=O) groups is 4. The predicted molar refractivity (Wildman–Crippen MR) is 192 cm³/mol. The fourth-order valence-electron chi connectivity index (χ4n) is 5.92. The number of aromatic nitrogens is 2. The van der Waals surface area contributed by atoms with Crippen molar-refractivity contribution in [3.63, 3.8) is 0 Å². The molecule has 4 aromatic rings. The monoisotopic (exact) mass is 790 g/mol. The van der Waals surface area contributed by atoms with Crippen LogP contribution in [0, 0.1) is 0 Å². The quantitative estimate of drug-likeness (QED) is 0.186. The summed E-state index contributed by atoms with van der Waals surface area (Å²) in [5, 5.41) is 12.9. The van der Waals surface area contributed by atoms with Crippen molar-refractivity contribution in [2.24, 2.45) is 0 Å². The van der Waals surface area contributed by atoms with Gasteiger partial charge in [0.2, 0.25) is 29.5 Å². The molecule has 2 aliphatic rings. The molecule has 0 saturated carbocycles. The van der Waals surface area contributed by atoms with Crippen LogP contribution in [-0.4, -0.2) is 46.0 Å². The molecule has 6 rings (SSSR count). The van der Waals surface area contributed by atoms with Crippen LogP contribution in [0.4, 0.5) is 49.4 Å². The molecule has 4 amide bonds. The van der Waals surface area contributed by atoms with Crippen molar-refractivity contribution in [2.75, 3.05) is 20.4 Å². The molecule has 300 valence electrons. The van der Waals surface area contributed by atoms with Crippen molar-refractivity contribution in [3.05, 3.63) is 83.2 Å². The van der Waals surface area contributed by atoms with Crippen LogP contribution in [0.1, 0.15) is 89.8 Å². The summed E-state index contributed by atoms with van der Waals surface area (Å²) in [5.74, 6) is -0.640. The third-order valence-corrected chi connectivity index (χ3v) is 9.00. The highest BCUT2D eigenvalue weighted by atomic mass is 19.4. The van der Waals surface area contributed by atoms with E-state index >= 15 is 0 Å². The lowest BCUT2D eigenvalue weighted by Gasteiger charge is -2.24. The van der Waals surface area contributed by atoms with Gasteiger partial charge in [-0.3, -0.25) is 34.3 Å². The highest BCUT2D eigenvalue weighted by Crippen LogP contribution is 2.35. The fraction of sp³-hybridized carbons (Fsp3) is 0.421. The molecule has 2 aliphatic heterocycles. The first kappa shape index (κ1) is 41.5. The number of nitrogens with zero attached hydrogens (tertiary/aromatic N) is 4. The number of anilines is 4. The van der Waals surface area contributed by atoms with E-state index in [0.29, 0.717) is 11.5 Å². The Balaban J connectivity index is 0.000000214. The maximum absolute atomic E-state index is 12.7. The van der Waals surface area contributed by atoms with Gasteiger partial charge in [0.05, 0.1) is 16.8 Å². The first-order chi connectivity index (χ1) is 25.9. The zero-order valence-electron chi connectivity index (χ0n) is 31.3. The molecular weight excluding hydrogens is 750 g/mol. The maximum Gasteiger partial charge on any atom is 0.416 e. The molecule has 0 unspecified atom stereocenters. The van der Waals surface area contributed by atoms with Gasteiger partial charge < -0.3 is 14.4 Å². The van der Waals surface area contributed by atoms with Gasteiger partial charge >= 0.3 is 12.4 Å². The number of alkyl halides is 6. The summed E-state index contributed by atoms with van der Waals surface area (Å²) in [6, 6.07) is 9.88. The van der Waals surface area contributed by atoms with Gasteiger partial charge in [-0.15, -0.1) is 0 Å². The van der Waals surface area contributed by atoms with Crippen molar-refractivity contribution in [3.8, 4) is 0 Å². The Bertz CT molecular complexity index is 1910. The summed E-state index contributed by atoms with van der Waals surface area (Å²) in [5.41, 5.74) is -1.05. The van der Waals surface area contributed by atoms with Crippen molar-refractivity contribution < 1.29 is 54.6 Å². The zero-order chi connectivity index (χ0) is 41.4. The van der Waals surface area contributed by atoms with E-state index in [2.05, 4.69) is 20.9 Å². The summed E-state index contributed by atoms with van der Waals surface area (Å²) in [4.78, 5) is 52.3. The van der Waals surface area contributed by atoms with Gasteiger partial charge in [-0.1, -0.05) is 51.9 Å². The molecule has 2 fully saturated rings. The molecule has 12 nitrogen and oxygen atoms in total. The standard InChI is InChI=1S/2C19H20F3N3O3/c1-18(2,3)14-10-15(24-28-14)23-17(27)13-8-9-16(26)25(13)12-6-4-11(5-7-12)19(20,21)22;1-18(2,3)14-10-15(28-24-14)23-17(27)13-8-9-16(26)25(13)12-6-4-11(5-7-12)19(20,21)22/h4-7,10,13H,8-9H2,1-3H3,(H,23,24,27);4-7,10,13H,8-9H2,1-3H3,(H,23,27)/t2*13-/m00/s1. The smallest absolute Gasteiger partial charge is 0.359 e. The fourth-order valence-corrected chi connectivity index (χ4v) is 5.92. The number of carbonyl (C=O) groups excluding carboxylic acids is 4. The van der Waals surface area contributed by atoms with Crippen LogP contribution in [0.15, 0.2) is 69.7 Å². The van der Waals surface area contributed by atoms with E-state index in [1.165, 1.54) is 34.1 Å². The summed E-state index contributed by atoms with van der Waals surface area (Å²) in [6.07, 6.45) is -8.17. The van der Waals surface area contributed by atoms with Gasteiger partial charge in [0, 0.05) is 47.2 Å². The van der Waals surface area contributed by atoms with Crippen LogP contribution < -0.4 is 20.4 Å². The van der Waals surface area contributed by atoms with Gasteiger partial charge in [-0.05, 0) is 61.4 Å². The highest BCUT2D eigenvalue weighted by Gasteiger charge is 2.40. The van der Waals surface area contributed by atoms with E-state index < -0.39 is 47.4 Å². The number of halogens is 6. The van der Waals surface area contributed by atoms with Gasteiger partial charge in [-0.2, -0.15) is 26.3 Å². The Morgan fingerprint density at radius 1 is 0.643 bits per heavy atom. The van der Waals surface area contributed by atoms with E-state index in [-0.39, 0.29) is 71.4 Å². The first-order valence-electron chi connectivity index (χ1n) is 17.5. The lowest BCUT2D eigenvalue weighted by Crippen LogP contribution is -2.41. The minimum Gasteiger partial charge on any atom is -0.359 e. The van der Waals surface area contributed by atoms with Crippen LogP contribution >= 0.6 is 0 Å². The van der Waals surface area contributed by atoms with Crippen molar-refractivity contribution >= 4 is 46.7 Å². The number of nitrogens with one attached hydrogen (secondary N) is 2. The molecule has 56 heavy (non-hydrogen) atoms. The topological polar surface area (TPSA) is 151 Å². The molecule has 0 bridgehead atoms.